The summed E-state index contributed by atoms with van der Waals surface area (Å²) in [5.74, 6) is 1.66. The van der Waals surface area contributed by atoms with Crippen molar-refractivity contribution in [1.82, 2.24) is 9.80 Å². The molecule has 0 spiro atoms. The number of likely N-dealkylation sites (N-methyl/N-ethyl adjacent to an activating group) is 1. The zero-order valence-corrected chi connectivity index (χ0v) is 19.7. The van der Waals surface area contributed by atoms with Crippen LogP contribution in [0.1, 0.15) is 59.2 Å². The fourth-order valence-electron chi connectivity index (χ4n) is 5.12. The molecule has 1 saturated carbocycles. The van der Waals surface area contributed by atoms with E-state index in [0.29, 0.717) is 0 Å². The van der Waals surface area contributed by atoms with Crippen molar-refractivity contribution in [2.24, 2.45) is 5.92 Å². The quantitative estimate of drug-likeness (QED) is 0.694. The minimum absolute atomic E-state index is 0.0844. The molecule has 1 saturated heterocycles. The van der Waals surface area contributed by atoms with E-state index in [9.17, 15) is 9.90 Å². The third-order valence-electron chi connectivity index (χ3n) is 7.59. The Morgan fingerprint density at radius 2 is 1.79 bits per heavy atom. The van der Waals surface area contributed by atoms with Gasteiger partial charge in [0.25, 0.3) is 5.91 Å². The van der Waals surface area contributed by atoms with Gasteiger partial charge in [-0.2, -0.15) is 0 Å². The van der Waals surface area contributed by atoms with E-state index in [0.717, 1.165) is 75.6 Å². The lowest BCUT2D eigenvalue weighted by Crippen LogP contribution is -2.40. The maximum atomic E-state index is 13.1. The van der Waals surface area contributed by atoms with Crippen molar-refractivity contribution < 1.29 is 14.6 Å². The van der Waals surface area contributed by atoms with Crippen LogP contribution in [0.3, 0.4) is 0 Å². The molecule has 3 aliphatic rings. The van der Waals surface area contributed by atoms with Crippen molar-refractivity contribution in [3.8, 4) is 5.75 Å². The van der Waals surface area contributed by atoms with Gasteiger partial charge in [-0.1, -0.05) is 18.2 Å². The van der Waals surface area contributed by atoms with Crippen molar-refractivity contribution in [2.75, 3.05) is 26.7 Å². The number of nitrogens with zero attached hydrogens (tertiary/aromatic N) is 2. The number of hydrogen-bond donors (Lipinski definition) is 1. The van der Waals surface area contributed by atoms with Crippen molar-refractivity contribution in [1.29, 1.82) is 0 Å². The number of aliphatic hydroxyl groups is 1. The van der Waals surface area contributed by atoms with E-state index in [2.05, 4.69) is 23.1 Å². The fraction of sp³-hybridized carbons (Fsp3) is 0.536. The number of fused-ring (bicyclic) bond motifs is 1. The van der Waals surface area contributed by atoms with Gasteiger partial charge >= 0.3 is 0 Å². The topological polar surface area (TPSA) is 53.0 Å². The highest BCUT2D eigenvalue weighted by molar-refractivity contribution is 5.94. The van der Waals surface area contributed by atoms with Gasteiger partial charge in [-0.05, 0) is 91.8 Å². The smallest absolute Gasteiger partial charge is 0.253 e. The number of aryl methyl sites for hydroxylation is 1. The van der Waals surface area contributed by atoms with Crippen LogP contribution in [-0.4, -0.2) is 59.7 Å². The number of rotatable bonds is 7. The number of likely N-dealkylation sites (tertiary alicyclic amines) is 1. The molecule has 1 amide bonds. The SMILES string of the molecule is CN(C(=O)c1ccc(OCC2CC2)cc1)C1CCc2cc(CN3CCC(O)CC3)ccc2C1. The molecule has 1 N–H and O–H groups in total. The minimum atomic E-state index is -0.125. The van der Waals surface area contributed by atoms with Gasteiger partial charge < -0.3 is 14.7 Å². The van der Waals surface area contributed by atoms with Crippen molar-refractivity contribution in [3.63, 3.8) is 0 Å². The summed E-state index contributed by atoms with van der Waals surface area (Å²) in [4.78, 5) is 17.5. The fourth-order valence-corrected chi connectivity index (χ4v) is 5.12. The predicted molar refractivity (Wildman–Crippen MR) is 130 cm³/mol. The first-order valence-corrected chi connectivity index (χ1v) is 12.6. The normalized spacial score (nSPS) is 21.5. The summed E-state index contributed by atoms with van der Waals surface area (Å²) in [6, 6.07) is 14.7. The van der Waals surface area contributed by atoms with Crippen LogP contribution in [0.5, 0.6) is 5.75 Å². The predicted octanol–water partition coefficient (Wildman–Crippen LogP) is 4.06. The second-order valence-electron chi connectivity index (χ2n) is 10.2. The minimum Gasteiger partial charge on any atom is -0.493 e. The molecule has 2 aliphatic carbocycles. The number of carbonyl (C=O) groups excluding carboxylic acids is 1. The Morgan fingerprint density at radius 3 is 2.52 bits per heavy atom. The van der Waals surface area contributed by atoms with Gasteiger partial charge in [0.15, 0.2) is 0 Å². The Labute approximate surface area is 197 Å². The molecular formula is C28H36N2O3. The average molecular weight is 449 g/mol. The molecule has 5 rings (SSSR count). The second kappa shape index (κ2) is 9.86. The van der Waals surface area contributed by atoms with Gasteiger partial charge in [0, 0.05) is 38.3 Å². The van der Waals surface area contributed by atoms with Crippen molar-refractivity contribution >= 4 is 5.91 Å². The largest absolute Gasteiger partial charge is 0.493 e. The van der Waals surface area contributed by atoms with Crippen LogP contribution in [-0.2, 0) is 19.4 Å². The molecule has 2 aromatic rings. The molecular weight excluding hydrogens is 412 g/mol. The molecule has 176 valence electrons. The Hall–Kier alpha value is -2.37. The first-order valence-electron chi connectivity index (χ1n) is 12.6. The zero-order valence-electron chi connectivity index (χ0n) is 19.7. The summed E-state index contributed by atoms with van der Waals surface area (Å²) >= 11 is 0. The third kappa shape index (κ3) is 5.59. The van der Waals surface area contributed by atoms with Gasteiger partial charge in [-0.15, -0.1) is 0 Å². The number of amides is 1. The first-order chi connectivity index (χ1) is 16.0. The monoisotopic (exact) mass is 448 g/mol. The summed E-state index contributed by atoms with van der Waals surface area (Å²) in [6.45, 7) is 3.70. The summed E-state index contributed by atoms with van der Waals surface area (Å²) in [7, 11) is 1.94. The molecule has 2 fully saturated rings. The molecule has 1 unspecified atom stereocenters. The van der Waals surface area contributed by atoms with E-state index < -0.39 is 0 Å². The van der Waals surface area contributed by atoms with E-state index in [1.165, 1.54) is 29.5 Å². The number of hydrogen-bond acceptors (Lipinski definition) is 4. The van der Waals surface area contributed by atoms with E-state index in [1.54, 1.807) is 0 Å². The molecule has 1 atom stereocenters. The van der Waals surface area contributed by atoms with Crippen LogP contribution in [0.25, 0.3) is 0 Å². The van der Waals surface area contributed by atoms with Crippen LogP contribution in [0.15, 0.2) is 42.5 Å². The number of piperidine rings is 1. The molecule has 33 heavy (non-hydrogen) atoms. The molecule has 0 aromatic heterocycles. The Kier molecular flexibility index (Phi) is 6.70. The standard InChI is InChI=1S/C28H36N2O3/c1-29(28(32)22-7-10-27(11-8-22)33-19-20-2-3-20)25-9-6-23-16-21(4-5-24(23)17-25)18-30-14-12-26(31)13-15-30/h4-5,7-8,10-11,16,20,25-26,31H,2-3,6,9,12-15,17-19H2,1H3. The van der Waals surface area contributed by atoms with Crippen molar-refractivity contribution in [2.45, 2.75) is 63.6 Å². The third-order valence-corrected chi connectivity index (χ3v) is 7.59. The van der Waals surface area contributed by atoms with Gasteiger partial charge in [-0.25, -0.2) is 0 Å². The summed E-state index contributed by atoms with van der Waals surface area (Å²) in [6.07, 6.45) is 7.10. The Balaban J connectivity index is 1.17. The summed E-state index contributed by atoms with van der Waals surface area (Å²) in [5, 5.41) is 9.73. The highest BCUT2D eigenvalue weighted by atomic mass is 16.5. The lowest BCUT2D eigenvalue weighted by molar-refractivity contribution is 0.0719. The lowest BCUT2D eigenvalue weighted by Gasteiger charge is -2.33. The highest BCUT2D eigenvalue weighted by Crippen LogP contribution is 2.30. The van der Waals surface area contributed by atoms with Crippen LogP contribution < -0.4 is 4.74 Å². The number of benzene rings is 2. The summed E-state index contributed by atoms with van der Waals surface area (Å²) < 4.78 is 5.80. The van der Waals surface area contributed by atoms with Crippen molar-refractivity contribution in [3.05, 3.63) is 64.7 Å². The van der Waals surface area contributed by atoms with Gasteiger partial charge in [0.05, 0.1) is 12.7 Å². The van der Waals surface area contributed by atoms with E-state index >= 15 is 0 Å². The molecule has 0 bridgehead atoms. The average Bonchev–Trinajstić information content (AvgIpc) is 3.68. The molecule has 5 heteroatoms. The molecule has 2 aromatic carbocycles. The van der Waals surface area contributed by atoms with Crippen LogP contribution in [0, 0.1) is 5.92 Å². The van der Waals surface area contributed by atoms with Crippen LogP contribution >= 0.6 is 0 Å². The number of ether oxygens (including phenoxy) is 1. The maximum absolute atomic E-state index is 13.1. The van der Waals surface area contributed by atoms with Gasteiger partial charge in [-0.3, -0.25) is 9.69 Å². The molecule has 0 radical (unpaired) electrons. The summed E-state index contributed by atoms with van der Waals surface area (Å²) in [5.41, 5.74) is 4.88. The number of carbonyl (C=O) groups is 1. The second-order valence-corrected chi connectivity index (χ2v) is 10.2. The number of aliphatic hydroxyl groups excluding tert-OH is 1. The lowest BCUT2D eigenvalue weighted by atomic mass is 9.86. The highest BCUT2D eigenvalue weighted by Gasteiger charge is 2.27. The van der Waals surface area contributed by atoms with E-state index in [-0.39, 0.29) is 18.1 Å². The van der Waals surface area contributed by atoms with Gasteiger partial charge in [0.1, 0.15) is 5.75 Å². The Morgan fingerprint density at radius 1 is 1.03 bits per heavy atom. The molecule has 5 nitrogen and oxygen atoms in total. The van der Waals surface area contributed by atoms with Gasteiger partial charge in [0.2, 0.25) is 0 Å². The first kappa shape index (κ1) is 22.4. The Bertz CT molecular complexity index is 962. The van der Waals surface area contributed by atoms with Crippen LogP contribution in [0.4, 0.5) is 0 Å². The maximum Gasteiger partial charge on any atom is 0.253 e. The van der Waals surface area contributed by atoms with E-state index in [4.69, 9.17) is 4.74 Å². The molecule has 1 aliphatic heterocycles. The molecule has 1 heterocycles. The zero-order chi connectivity index (χ0) is 22.8. The van der Waals surface area contributed by atoms with Crippen LogP contribution in [0.2, 0.25) is 0 Å². The van der Waals surface area contributed by atoms with E-state index in [1.807, 2.05) is 36.2 Å².